The van der Waals surface area contributed by atoms with Crippen LogP contribution in [0.4, 0.5) is 0 Å². The second kappa shape index (κ2) is 11.0. The predicted molar refractivity (Wildman–Crippen MR) is 114 cm³/mol. The maximum atomic E-state index is 12.2. The normalized spacial score (nSPS) is 10.3. The molecule has 0 heterocycles. The fourth-order valence-corrected chi connectivity index (χ4v) is 2.82. The molecule has 7 heteroatoms. The molecule has 0 atom stereocenters. The Morgan fingerprint density at radius 2 is 1.63 bits per heavy atom. The summed E-state index contributed by atoms with van der Waals surface area (Å²) >= 11 is 0. The molecule has 0 fully saturated rings. The molecule has 2 rings (SSSR count). The Morgan fingerprint density at radius 3 is 2.37 bits per heavy atom. The van der Waals surface area contributed by atoms with Crippen LogP contribution in [0.5, 0.6) is 11.5 Å². The molecule has 0 bridgehead atoms. The van der Waals surface area contributed by atoms with Crippen LogP contribution >= 0.6 is 0 Å². The smallest absolute Gasteiger partial charge is 0.308 e. The lowest BCUT2D eigenvalue weighted by Gasteiger charge is -2.14. The number of aryl methyl sites for hydroxylation is 2. The molecule has 7 nitrogen and oxygen atoms in total. The monoisotopic (exact) mass is 412 g/mol. The Balaban J connectivity index is 1.69. The number of carbonyl (C=O) groups is 3. The summed E-state index contributed by atoms with van der Waals surface area (Å²) in [6.45, 7) is 7.98. The average Bonchev–Trinajstić information content (AvgIpc) is 2.70. The summed E-state index contributed by atoms with van der Waals surface area (Å²) in [6.07, 6.45) is 0.573. The highest BCUT2D eigenvalue weighted by Crippen LogP contribution is 2.25. The first kappa shape index (κ1) is 22.9. The second-order valence-electron chi connectivity index (χ2n) is 7.02. The molecule has 0 aliphatic rings. The maximum absolute atomic E-state index is 12.2. The lowest BCUT2D eigenvalue weighted by Crippen LogP contribution is -2.32. The summed E-state index contributed by atoms with van der Waals surface area (Å²) in [5.74, 6) is 0.134. The van der Waals surface area contributed by atoms with Crippen LogP contribution in [0.25, 0.3) is 0 Å². The number of hydrogen-bond acceptors (Lipinski definition) is 5. The molecule has 2 aromatic rings. The fourth-order valence-electron chi connectivity index (χ4n) is 2.82. The molecule has 0 saturated heterocycles. The van der Waals surface area contributed by atoms with E-state index < -0.39 is 5.97 Å². The van der Waals surface area contributed by atoms with Gasteiger partial charge < -0.3 is 20.1 Å². The third-order valence-corrected chi connectivity index (χ3v) is 4.54. The van der Waals surface area contributed by atoms with E-state index in [1.54, 1.807) is 18.2 Å². The predicted octanol–water partition coefficient (Wildman–Crippen LogP) is 2.85. The molecule has 2 N–H and O–H groups in total. The molecule has 0 aromatic heterocycles. The van der Waals surface area contributed by atoms with Gasteiger partial charge >= 0.3 is 5.97 Å². The van der Waals surface area contributed by atoms with Crippen LogP contribution in [-0.4, -0.2) is 37.5 Å². The van der Waals surface area contributed by atoms with Crippen LogP contribution < -0.4 is 20.1 Å². The average molecular weight is 412 g/mol. The van der Waals surface area contributed by atoms with E-state index in [4.69, 9.17) is 9.47 Å². The van der Waals surface area contributed by atoms with Crippen molar-refractivity contribution in [1.82, 2.24) is 10.6 Å². The Bertz CT molecular complexity index is 924. The third-order valence-electron chi connectivity index (χ3n) is 4.54. The number of hydrogen-bond donors (Lipinski definition) is 2. The molecule has 0 aliphatic carbocycles. The number of carbonyl (C=O) groups excluding carboxylic acids is 3. The van der Waals surface area contributed by atoms with Gasteiger partial charge in [-0.2, -0.15) is 0 Å². The minimum atomic E-state index is -0.444. The van der Waals surface area contributed by atoms with Gasteiger partial charge in [0.15, 0.2) is 6.61 Å². The van der Waals surface area contributed by atoms with E-state index >= 15 is 0 Å². The molecule has 0 spiro atoms. The molecule has 0 saturated carbocycles. The van der Waals surface area contributed by atoms with E-state index in [-0.39, 0.29) is 18.4 Å². The van der Waals surface area contributed by atoms with Crippen molar-refractivity contribution in [1.29, 1.82) is 0 Å². The van der Waals surface area contributed by atoms with Crippen molar-refractivity contribution in [3.05, 3.63) is 58.7 Å². The van der Waals surface area contributed by atoms with Crippen molar-refractivity contribution < 1.29 is 23.9 Å². The Labute approximate surface area is 176 Å². The first-order valence-corrected chi connectivity index (χ1v) is 9.81. The summed E-state index contributed by atoms with van der Waals surface area (Å²) in [6, 6.07) is 10.4. The zero-order valence-electron chi connectivity index (χ0n) is 17.8. The van der Waals surface area contributed by atoms with Crippen LogP contribution in [0.2, 0.25) is 0 Å². The molecule has 2 amide bonds. The van der Waals surface area contributed by atoms with Gasteiger partial charge in [-0.1, -0.05) is 18.2 Å². The van der Waals surface area contributed by atoms with Gasteiger partial charge in [0.2, 0.25) is 0 Å². The van der Waals surface area contributed by atoms with Crippen LogP contribution in [0, 0.1) is 20.8 Å². The molecular formula is C23H28N2O5. The van der Waals surface area contributed by atoms with Crippen LogP contribution in [0.15, 0.2) is 36.4 Å². The molecule has 0 radical (unpaired) electrons. The van der Waals surface area contributed by atoms with Gasteiger partial charge in [-0.25, -0.2) is 0 Å². The minimum Gasteiger partial charge on any atom is -0.483 e. The van der Waals surface area contributed by atoms with E-state index in [0.29, 0.717) is 30.8 Å². The van der Waals surface area contributed by atoms with Crippen molar-refractivity contribution in [2.24, 2.45) is 0 Å². The van der Waals surface area contributed by atoms with E-state index in [1.807, 2.05) is 32.9 Å². The maximum Gasteiger partial charge on any atom is 0.308 e. The van der Waals surface area contributed by atoms with Gasteiger partial charge in [-0.05, 0) is 62.1 Å². The zero-order valence-corrected chi connectivity index (χ0v) is 17.8. The number of ether oxygens (including phenoxy) is 2. The number of rotatable bonds is 9. The highest BCUT2D eigenvalue weighted by atomic mass is 16.5. The van der Waals surface area contributed by atoms with Gasteiger partial charge in [0.05, 0.1) is 0 Å². The van der Waals surface area contributed by atoms with Gasteiger partial charge in [0.1, 0.15) is 11.5 Å². The Morgan fingerprint density at radius 1 is 0.933 bits per heavy atom. The van der Waals surface area contributed by atoms with Crippen molar-refractivity contribution in [2.45, 2.75) is 34.1 Å². The van der Waals surface area contributed by atoms with Crippen molar-refractivity contribution >= 4 is 17.8 Å². The topological polar surface area (TPSA) is 93.7 Å². The van der Waals surface area contributed by atoms with Gasteiger partial charge in [-0.15, -0.1) is 0 Å². The van der Waals surface area contributed by atoms with Crippen LogP contribution in [0.1, 0.15) is 40.4 Å². The fraction of sp³-hybridized carbons (Fsp3) is 0.348. The standard InChI is InChI=1S/C23H28N2O5/c1-15-9-10-16(2)22(17(15)3)29-14-21(27)24-11-6-12-25-23(28)19-7-5-8-20(13-19)30-18(4)26/h5,7-10,13H,6,11-12,14H2,1-4H3,(H,24,27)(H,25,28). The van der Waals surface area contributed by atoms with E-state index in [1.165, 1.54) is 13.0 Å². The third kappa shape index (κ3) is 6.92. The number of amides is 2. The SMILES string of the molecule is CC(=O)Oc1cccc(C(=O)NCCCNC(=O)COc2c(C)ccc(C)c2C)c1. The minimum absolute atomic E-state index is 0.0551. The molecule has 160 valence electrons. The summed E-state index contributed by atoms with van der Waals surface area (Å²) in [5, 5.41) is 5.55. The second-order valence-corrected chi connectivity index (χ2v) is 7.02. The highest BCUT2D eigenvalue weighted by molar-refractivity contribution is 5.94. The Kier molecular flexibility index (Phi) is 8.41. The largest absolute Gasteiger partial charge is 0.483 e. The van der Waals surface area contributed by atoms with Crippen LogP contribution in [-0.2, 0) is 9.59 Å². The zero-order chi connectivity index (χ0) is 22.1. The van der Waals surface area contributed by atoms with Crippen molar-refractivity contribution in [3.63, 3.8) is 0 Å². The molecule has 2 aromatic carbocycles. The quantitative estimate of drug-likeness (QED) is 0.375. The Hall–Kier alpha value is -3.35. The number of nitrogens with one attached hydrogen (secondary N) is 2. The first-order valence-electron chi connectivity index (χ1n) is 9.81. The highest BCUT2D eigenvalue weighted by Gasteiger charge is 2.10. The van der Waals surface area contributed by atoms with E-state index in [9.17, 15) is 14.4 Å². The molecule has 0 aliphatic heterocycles. The van der Waals surface area contributed by atoms with Gasteiger partial charge in [0, 0.05) is 25.6 Å². The number of esters is 1. The van der Waals surface area contributed by atoms with Crippen molar-refractivity contribution in [3.8, 4) is 11.5 Å². The van der Waals surface area contributed by atoms with Gasteiger partial charge in [-0.3, -0.25) is 14.4 Å². The molecular weight excluding hydrogens is 384 g/mol. The van der Waals surface area contributed by atoms with Crippen molar-refractivity contribution in [2.75, 3.05) is 19.7 Å². The van der Waals surface area contributed by atoms with Crippen LogP contribution in [0.3, 0.4) is 0 Å². The summed E-state index contributed by atoms with van der Waals surface area (Å²) in [4.78, 5) is 35.2. The summed E-state index contributed by atoms with van der Waals surface area (Å²) in [7, 11) is 0. The van der Waals surface area contributed by atoms with E-state index in [2.05, 4.69) is 10.6 Å². The number of benzene rings is 2. The summed E-state index contributed by atoms with van der Waals surface area (Å²) < 4.78 is 10.7. The summed E-state index contributed by atoms with van der Waals surface area (Å²) in [5.41, 5.74) is 3.54. The lowest BCUT2D eigenvalue weighted by molar-refractivity contribution is -0.131. The van der Waals surface area contributed by atoms with Gasteiger partial charge in [0.25, 0.3) is 11.8 Å². The van der Waals surface area contributed by atoms with E-state index in [0.717, 1.165) is 22.4 Å². The molecule has 0 unspecified atom stereocenters. The molecule has 30 heavy (non-hydrogen) atoms. The first-order chi connectivity index (χ1) is 14.3. The lowest BCUT2D eigenvalue weighted by atomic mass is 10.1.